The predicted molar refractivity (Wildman–Crippen MR) is 116 cm³/mol. The van der Waals surface area contributed by atoms with E-state index in [1.807, 2.05) is 12.1 Å². The van der Waals surface area contributed by atoms with Crippen molar-refractivity contribution < 1.29 is 4.79 Å². The molecule has 1 aliphatic carbocycles. The Morgan fingerprint density at radius 1 is 1.21 bits per heavy atom. The molecule has 4 nitrogen and oxygen atoms in total. The van der Waals surface area contributed by atoms with Gasteiger partial charge in [0, 0.05) is 29.2 Å². The van der Waals surface area contributed by atoms with Crippen molar-refractivity contribution in [2.24, 2.45) is 5.92 Å². The maximum absolute atomic E-state index is 12.4. The predicted octanol–water partition coefficient (Wildman–Crippen LogP) is 4.37. The second-order valence-corrected chi connectivity index (χ2v) is 8.12. The van der Waals surface area contributed by atoms with Crippen LogP contribution >= 0.6 is 0 Å². The lowest BCUT2D eigenvalue weighted by Crippen LogP contribution is -2.29. The van der Waals surface area contributed by atoms with E-state index in [0.717, 1.165) is 56.2 Å². The number of hydrogen-bond acceptors (Lipinski definition) is 2. The lowest BCUT2D eigenvalue weighted by Gasteiger charge is -2.21. The molecule has 3 rings (SSSR count). The van der Waals surface area contributed by atoms with Gasteiger partial charge in [-0.15, -0.1) is 0 Å². The van der Waals surface area contributed by atoms with Crippen LogP contribution in [0.2, 0.25) is 0 Å². The summed E-state index contributed by atoms with van der Waals surface area (Å²) in [6.07, 6.45) is 4.55. The Balaban J connectivity index is 1.62. The van der Waals surface area contributed by atoms with Gasteiger partial charge >= 0.3 is 0 Å². The molecule has 1 aromatic heterocycles. The molecule has 1 amide bonds. The van der Waals surface area contributed by atoms with E-state index in [2.05, 4.69) is 60.7 Å². The molecule has 2 aromatic rings. The van der Waals surface area contributed by atoms with Crippen LogP contribution in [0.15, 0.2) is 30.3 Å². The first-order valence-corrected chi connectivity index (χ1v) is 10.8. The molecule has 1 aromatic carbocycles. The van der Waals surface area contributed by atoms with Gasteiger partial charge < -0.3 is 14.8 Å². The zero-order chi connectivity index (χ0) is 20.1. The summed E-state index contributed by atoms with van der Waals surface area (Å²) in [5.41, 5.74) is 6.12. The lowest BCUT2D eigenvalue weighted by molar-refractivity contribution is 0.0952. The third kappa shape index (κ3) is 4.67. The minimum absolute atomic E-state index is 0.0196. The topological polar surface area (TPSA) is 37.3 Å². The summed E-state index contributed by atoms with van der Waals surface area (Å²) >= 11 is 0. The molecule has 0 saturated heterocycles. The normalized spacial score (nSPS) is 16.2. The fourth-order valence-corrected chi connectivity index (χ4v) is 4.33. The fourth-order valence-electron chi connectivity index (χ4n) is 4.33. The van der Waals surface area contributed by atoms with Crippen molar-refractivity contribution in [2.45, 2.75) is 53.4 Å². The quantitative estimate of drug-likeness (QED) is 0.689. The molecule has 1 N–H and O–H groups in total. The maximum Gasteiger partial charge on any atom is 0.251 e. The van der Waals surface area contributed by atoms with Crippen molar-refractivity contribution in [2.75, 3.05) is 26.2 Å². The fraction of sp³-hybridized carbons (Fsp3) is 0.542. The van der Waals surface area contributed by atoms with Crippen molar-refractivity contribution in [1.29, 1.82) is 0 Å². The number of aromatic nitrogens is 1. The van der Waals surface area contributed by atoms with Gasteiger partial charge in [0.15, 0.2) is 0 Å². The molecule has 1 atom stereocenters. The number of carbonyl (C=O) groups excluding carboxylic acids is 1. The largest absolute Gasteiger partial charge is 0.352 e. The number of nitrogens with one attached hydrogen (secondary N) is 1. The van der Waals surface area contributed by atoms with Crippen LogP contribution in [0.5, 0.6) is 0 Å². The highest BCUT2D eigenvalue weighted by atomic mass is 16.1. The van der Waals surface area contributed by atoms with Crippen LogP contribution in [0.4, 0.5) is 0 Å². The van der Waals surface area contributed by atoms with Crippen LogP contribution in [-0.2, 0) is 12.8 Å². The van der Waals surface area contributed by atoms with Crippen molar-refractivity contribution in [3.8, 4) is 5.69 Å². The first-order valence-electron chi connectivity index (χ1n) is 10.8. The Morgan fingerprint density at radius 3 is 2.61 bits per heavy atom. The van der Waals surface area contributed by atoms with Gasteiger partial charge in [-0.05, 0) is 94.1 Å². The van der Waals surface area contributed by atoms with Gasteiger partial charge in [-0.3, -0.25) is 4.79 Å². The number of carbonyl (C=O) groups is 1. The number of aryl methyl sites for hydroxylation is 1. The van der Waals surface area contributed by atoms with Gasteiger partial charge in [0.05, 0.1) is 0 Å². The minimum Gasteiger partial charge on any atom is -0.352 e. The molecule has 0 saturated carbocycles. The SMILES string of the molecule is CCN(CC)CCCNC(=O)c1ccc(-n2c(C)cc3c2CC[C@H](C)C3)cc1. The Kier molecular flexibility index (Phi) is 6.95. The number of hydrogen-bond donors (Lipinski definition) is 1. The van der Waals surface area contributed by atoms with E-state index >= 15 is 0 Å². The molecule has 0 bridgehead atoms. The van der Waals surface area contributed by atoms with Crippen LogP contribution < -0.4 is 5.32 Å². The zero-order valence-electron chi connectivity index (χ0n) is 17.9. The third-order valence-electron chi connectivity index (χ3n) is 6.04. The van der Waals surface area contributed by atoms with E-state index in [-0.39, 0.29) is 5.91 Å². The van der Waals surface area contributed by atoms with Crippen molar-refractivity contribution in [3.05, 3.63) is 52.8 Å². The molecule has 1 aliphatic rings. The summed E-state index contributed by atoms with van der Waals surface area (Å²) < 4.78 is 2.37. The molecule has 0 spiro atoms. The summed E-state index contributed by atoms with van der Waals surface area (Å²) in [4.78, 5) is 14.8. The molecule has 152 valence electrons. The van der Waals surface area contributed by atoms with E-state index in [1.54, 1.807) is 0 Å². The van der Waals surface area contributed by atoms with Gasteiger partial charge in [0.2, 0.25) is 0 Å². The second kappa shape index (κ2) is 9.42. The highest BCUT2D eigenvalue weighted by Crippen LogP contribution is 2.30. The summed E-state index contributed by atoms with van der Waals surface area (Å²) in [6, 6.07) is 10.4. The molecule has 0 fully saturated rings. The van der Waals surface area contributed by atoms with Crippen LogP contribution in [0, 0.1) is 12.8 Å². The van der Waals surface area contributed by atoms with E-state index < -0.39 is 0 Å². The Morgan fingerprint density at radius 2 is 1.93 bits per heavy atom. The van der Waals surface area contributed by atoms with Gasteiger partial charge in [0.25, 0.3) is 5.91 Å². The third-order valence-corrected chi connectivity index (χ3v) is 6.04. The van der Waals surface area contributed by atoms with Crippen LogP contribution in [0.1, 0.15) is 60.9 Å². The second-order valence-electron chi connectivity index (χ2n) is 8.12. The first-order chi connectivity index (χ1) is 13.5. The van der Waals surface area contributed by atoms with E-state index in [9.17, 15) is 4.79 Å². The van der Waals surface area contributed by atoms with Crippen LogP contribution in [0.3, 0.4) is 0 Å². The number of rotatable bonds is 8. The molecular weight excluding hydrogens is 346 g/mol. The first kappa shape index (κ1) is 20.7. The van der Waals surface area contributed by atoms with Crippen molar-refractivity contribution >= 4 is 5.91 Å². The average molecular weight is 382 g/mol. The van der Waals surface area contributed by atoms with Gasteiger partial charge in [0.1, 0.15) is 0 Å². The average Bonchev–Trinajstić information content (AvgIpc) is 3.02. The molecule has 1 heterocycles. The number of nitrogens with zero attached hydrogens (tertiary/aromatic N) is 2. The number of fused-ring (bicyclic) bond motifs is 1. The number of benzene rings is 1. The molecular formula is C24H35N3O. The molecule has 4 heteroatoms. The number of amides is 1. The van der Waals surface area contributed by atoms with Gasteiger partial charge in [-0.25, -0.2) is 0 Å². The summed E-state index contributed by atoms with van der Waals surface area (Å²) in [5, 5.41) is 3.05. The van der Waals surface area contributed by atoms with E-state index in [4.69, 9.17) is 0 Å². The summed E-state index contributed by atoms with van der Waals surface area (Å²) in [5.74, 6) is 0.793. The van der Waals surface area contributed by atoms with Crippen LogP contribution in [0.25, 0.3) is 5.69 Å². The molecule has 0 unspecified atom stereocenters. The highest BCUT2D eigenvalue weighted by Gasteiger charge is 2.21. The summed E-state index contributed by atoms with van der Waals surface area (Å²) in [7, 11) is 0. The monoisotopic (exact) mass is 381 g/mol. The lowest BCUT2D eigenvalue weighted by atomic mass is 9.89. The molecule has 0 radical (unpaired) electrons. The Hall–Kier alpha value is -2.07. The van der Waals surface area contributed by atoms with Crippen molar-refractivity contribution in [1.82, 2.24) is 14.8 Å². The smallest absolute Gasteiger partial charge is 0.251 e. The molecule has 0 aliphatic heterocycles. The molecule has 28 heavy (non-hydrogen) atoms. The maximum atomic E-state index is 12.4. The highest BCUT2D eigenvalue weighted by molar-refractivity contribution is 5.94. The van der Waals surface area contributed by atoms with Crippen molar-refractivity contribution in [3.63, 3.8) is 0 Å². The zero-order valence-corrected chi connectivity index (χ0v) is 17.9. The van der Waals surface area contributed by atoms with E-state index in [0.29, 0.717) is 0 Å². The van der Waals surface area contributed by atoms with Gasteiger partial charge in [-0.1, -0.05) is 20.8 Å². The Bertz CT molecular complexity index is 787. The minimum atomic E-state index is 0.0196. The Labute approximate surface area is 169 Å². The van der Waals surface area contributed by atoms with E-state index in [1.165, 1.54) is 29.8 Å². The van der Waals surface area contributed by atoms with Gasteiger partial charge in [-0.2, -0.15) is 0 Å². The van der Waals surface area contributed by atoms with Crippen LogP contribution in [-0.4, -0.2) is 41.6 Å². The standard InChI is InChI=1S/C24H35N3O/c1-5-26(6-2)15-7-14-25-24(28)20-9-11-22(12-10-20)27-19(4)17-21-16-18(3)8-13-23(21)27/h9-12,17-18H,5-8,13-16H2,1-4H3,(H,25,28)/t18-/m0/s1. The summed E-state index contributed by atoms with van der Waals surface area (Å²) in [6.45, 7) is 12.7.